The van der Waals surface area contributed by atoms with Gasteiger partial charge in [-0.1, -0.05) is 44.0 Å². The predicted octanol–water partition coefficient (Wildman–Crippen LogP) is 3.82. The molecule has 0 aliphatic heterocycles. The molecule has 2 aromatic rings. The number of hydrogen-bond acceptors (Lipinski definition) is 5. The van der Waals surface area contributed by atoms with Crippen LogP contribution >= 0.6 is 0 Å². The summed E-state index contributed by atoms with van der Waals surface area (Å²) in [7, 11) is -3.66. The van der Waals surface area contributed by atoms with Gasteiger partial charge in [0.1, 0.15) is 0 Å². The number of nitrogens with zero attached hydrogens (tertiary/aromatic N) is 2. The minimum Gasteiger partial charge on any atom is -0.339 e. The van der Waals surface area contributed by atoms with Crippen LogP contribution in [0.15, 0.2) is 33.7 Å². The Morgan fingerprint density at radius 3 is 2.38 bits per heavy atom. The fourth-order valence-electron chi connectivity index (χ4n) is 3.62. The van der Waals surface area contributed by atoms with E-state index in [1.165, 1.54) is 0 Å². The van der Waals surface area contributed by atoms with Gasteiger partial charge in [0.2, 0.25) is 15.9 Å². The average Bonchev–Trinajstić information content (AvgIpc) is 3.15. The Bertz CT molecular complexity index is 877. The highest BCUT2D eigenvalue weighted by Crippen LogP contribution is 2.42. The first-order valence-electron chi connectivity index (χ1n) is 9.38. The van der Waals surface area contributed by atoms with Crippen molar-refractivity contribution in [2.24, 2.45) is 0 Å². The summed E-state index contributed by atoms with van der Waals surface area (Å²) in [4.78, 5) is 4.81. The third-order valence-corrected chi connectivity index (χ3v) is 6.99. The van der Waals surface area contributed by atoms with Crippen molar-refractivity contribution < 1.29 is 12.9 Å². The molecule has 1 aromatic carbocycles. The van der Waals surface area contributed by atoms with Crippen LogP contribution in [0, 0.1) is 0 Å². The maximum atomic E-state index is 13.0. The fourth-order valence-corrected chi connectivity index (χ4v) is 5.05. The first-order valence-corrected chi connectivity index (χ1v) is 10.9. The van der Waals surface area contributed by atoms with E-state index in [9.17, 15) is 8.42 Å². The summed E-state index contributed by atoms with van der Waals surface area (Å²) in [6.45, 7) is 4.17. The highest BCUT2D eigenvalue weighted by atomic mass is 32.2. The lowest BCUT2D eigenvalue weighted by Crippen LogP contribution is -2.44. The molecular weight excluding hydrogens is 350 g/mol. The molecule has 0 spiro atoms. The summed E-state index contributed by atoms with van der Waals surface area (Å²) in [5.74, 6) is 1.85. The summed E-state index contributed by atoms with van der Waals surface area (Å²) in [5, 5.41) is 4.13. The van der Waals surface area contributed by atoms with Crippen molar-refractivity contribution in [1.82, 2.24) is 14.9 Å². The van der Waals surface area contributed by atoms with Gasteiger partial charge in [-0.05, 0) is 49.3 Å². The molecule has 26 heavy (non-hydrogen) atoms. The van der Waals surface area contributed by atoms with E-state index in [0.717, 1.165) is 31.2 Å². The lowest BCUT2D eigenvalue weighted by molar-refractivity contribution is 0.333. The van der Waals surface area contributed by atoms with Crippen molar-refractivity contribution in [3.05, 3.63) is 41.5 Å². The minimum absolute atomic E-state index is 0.277. The zero-order chi connectivity index (χ0) is 18.4. The van der Waals surface area contributed by atoms with Crippen molar-refractivity contribution in [3.63, 3.8) is 0 Å². The zero-order valence-electron chi connectivity index (χ0n) is 15.2. The lowest BCUT2D eigenvalue weighted by atomic mass is 9.98. The molecule has 1 aromatic heterocycles. The second-order valence-corrected chi connectivity index (χ2v) is 9.53. The van der Waals surface area contributed by atoms with Gasteiger partial charge in [-0.25, -0.2) is 8.42 Å². The standard InChI is InChI=1S/C19H25N3O3S/c1-13(2)14-7-9-16(10-8-14)26(23,24)22-19(11-3-4-12-19)18-20-17(25-21-18)15-5-6-15/h7-10,13,15,22H,3-6,11-12H2,1-2H3. The van der Waals surface area contributed by atoms with Crippen LogP contribution in [0.25, 0.3) is 0 Å². The molecule has 140 valence electrons. The molecule has 2 aliphatic rings. The van der Waals surface area contributed by atoms with E-state index >= 15 is 0 Å². The molecule has 2 aliphatic carbocycles. The minimum atomic E-state index is -3.66. The van der Waals surface area contributed by atoms with E-state index in [0.29, 0.717) is 36.4 Å². The van der Waals surface area contributed by atoms with Gasteiger partial charge in [0.05, 0.1) is 10.4 Å². The van der Waals surface area contributed by atoms with Crippen LogP contribution in [0.3, 0.4) is 0 Å². The first-order chi connectivity index (χ1) is 12.4. The summed E-state index contributed by atoms with van der Waals surface area (Å²) in [6, 6.07) is 7.10. The van der Waals surface area contributed by atoms with Crippen LogP contribution in [0.5, 0.6) is 0 Å². The Morgan fingerprint density at radius 2 is 1.81 bits per heavy atom. The van der Waals surface area contributed by atoms with E-state index in [1.54, 1.807) is 12.1 Å². The van der Waals surface area contributed by atoms with Gasteiger partial charge < -0.3 is 4.52 Å². The number of rotatable bonds is 6. The number of sulfonamides is 1. The second kappa shape index (κ2) is 6.46. The number of aromatic nitrogens is 2. The van der Waals surface area contributed by atoms with Crippen molar-refractivity contribution in [3.8, 4) is 0 Å². The molecule has 0 atom stereocenters. The third-order valence-electron chi connectivity index (χ3n) is 5.44. The van der Waals surface area contributed by atoms with E-state index < -0.39 is 15.6 Å². The normalized spacial score (nSPS) is 20.0. The van der Waals surface area contributed by atoms with Crippen LogP contribution in [-0.2, 0) is 15.6 Å². The van der Waals surface area contributed by atoms with Gasteiger partial charge in [-0.15, -0.1) is 0 Å². The molecule has 0 saturated heterocycles. The number of benzene rings is 1. The molecule has 7 heteroatoms. The van der Waals surface area contributed by atoms with Crippen molar-refractivity contribution in [2.75, 3.05) is 0 Å². The molecular formula is C19H25N3O3S. The van der Waals surface area contributed by atoms with Gasteiger partial charge >= 0.3 is 0 Å². The van der Waals surface area contributed by atoms with E-state index in [2.05, 4.69) is 28.7 Å². The highest BCUT2D eigenvalue weighted by molar-refractivity contribution is 7.89. The quantitative estimate of drug-likeness (QED) is 0.829. The molecule has 1 heterocycles. The molecule has 0 amide bonds. The van der Waals surface area contributed by atoms with Crippen LogP contribution < -0.4 is 4.72 Å². The van der Waals surface area contributed by atoms with Crippen LogP contribution in [0.1, 0.15) is 81.5 Å². The summed E-state index contributed by atoms with van der Waals surface area (Å²) < 4.78 is 34.3. The Morgan fingerprint density at radius 1 is 1.15 bits per heavy atom. The monoisotopic (exact) mass is 375 g/mol. The molecule has 4 rings (SSSR count). The van der Waals surface area contributed by atoms with Gasteiger partial charge in [0, 0.05) is 5.92 Å². The van der Waals surface area contributed by atoms with E-state index in [1.807, 2.05) is 12.1 Å². The number of nitrogens with one attached hydrogen (secondary N) is 1. The van der Waals surface area contributed by atoms with Gasteiger partial charge in [-0.3, -0.25) is 0 Å². The maximum absolute atomic E-state index is 13.0. The highest BCUT2D eigenvalue weighted by Gasteiger charge is 2.44. The molecule has 2 fully saturated rings. The summed E-state index contributed by atoms with van der Waals surface area (Å²) in [5.41, 5.74) is 0.360. The SMILES string of the molecule is CC(C)c1ccc(S(=O)(=O)NC2(c3noc(C4CC4)n3)CCCC2)cc1. The summed E-state index contributed by atoms with van der Waals surface area (Å²) in [6.07, 6.45) is 5.43. The largest absolute Gasteiger partial charge is 0.339 e. The van der Waals surface area contributed by atoms with E-state index in [4.69, 9.17) is 4.52 Å². The van der Waals surface area contributed by atoms with Crippen molar-refractivity contribution in [1.29, 1.82) is 0 Å². The molecule has 1 N–H and O–H groups in total. The molecule has 0 radical (unpaired) electrons. The van der Waals surface area contributed by atoms with Crippen LogP contribution in [-0.4, -0.2) is 18.6 Å². The van der Waals surface area contributed by atoms with Crippen molar-refractivity contribution in [2.45, 2.75) is 74.6 Å². The Kier molecular flexibility index (Phi) is 4.39. The number of hydrogen-bond donors (Lipinski definition) is 1. The zero-order valence-corrected chi connectivity index (χ0v) is 16.1. The lowest BCUT2D eigenvalue weighted by Gasteiger charge is -2.26. The predicted molar refractivity (Wildman–Crippen MR) is 97.3 cm³/mol. The Hall–Kier alpha value is -1.73. The molecule has 2 saturated carbocycles. The first kappa shape index (κ1) is 17.7. The second-order valence-electron chi connectivity index (χ2n) is 7.85. The van der Waals surface area contributed by atoms with Crippen molar-refractivity contribution >= 4 is 10.0 Å². The molecule has 0 bridgehead atoms. The third kappa shape index (κ3) is 3.30. The molecule has 0 unspecified atom stereocenters. The average molecular weight is 375 g/mol. The summed E-state index contributed by atoms with van der Waals surface area (Å²) >= 11 is 0. The van der Waals surface area contributed by atoms with Gasteiger partial charge in [0.25, 0.3) is 0 Å². The van der Waals surface area contributed by atoms with E-state index in [-0.39, 0.29) is 4.90 Å². The van der Waals surface area contributed by atoms with Gasteiger partial charge in [0.15, 0.2) is 5.82 Å². The van der Waals surface area contributed by atoms with Gasteiger partial charge in [-0.2, -0.15) is 9.71 Å². The maximum Gasteiger partial charge on any atom is 0.241 e. The smallest absolute Gasteiger partial charge is 0.241 e. The van der Waals surface area contributed by atoms with Crippen LogP contribution in [0.2, 0.25) is 0 Å². The molecule has 6 nitrogen and oxygen atoms in total. The topological polar surface area (TPSA) is 85.1 Å². The Labute approximate surface area is 154 Å². The fraction of sp³-hybridized carbons (Fsp3) is 0.579. The Balaban J connectivity index is 1.62. The van der Waals surface area contributed by atoms with Crippen LogP contribution in [0.4, 0.5) is 0 Å².